The molecule has 0 saturated carbocycles. The molecule has 0 aliphatic heterocycles. The lowest BCUT2D eigenvalue weighted by atomic mass is 9.66. The Hall–Kier alpha value is -3.52. The molecule has 0 amide bonds. The van der Waals surface area contributed by atoms with E-state index in [2.05, 4.69) is 135 Å². The predicted molar refractivity (Wildman–Crippen MR) is 151 cm³/mol. The molecule has 0 spiro atoms. The first kappa shape index (κ1) is 23.2. The predicted octanol–water partition coefficient (Wildman–Crippen LogP) is 7.74. The third kappa shape index (κ3) is 3.46. The van der Waals surface area contributed by atoms with Crippen molar-refractivity contribution in [2.75, 3.05) is 36.0 Å². The van der Waals surface area contributed by atoms with E-state index in [1.807, 2.05) is 0 Å². The molecule has 2 nitrogen and oxygen atoms in total. The first-order valence-corrected chi connectivity index (χ1v) is 13.1. The van der Waals surface area contributed by atoms with Crippen LogP contribution in [0.15, 0.2) is 97.1 Å². The number of nitrogens with zero attached hydrogens (tertiary/aromatic N) is 2. The van der Waals surface area contributed by atoms with Crippen LogP contribution < -0.4 is 9.80 Å². The summed E-state index contributed by atoms with van der Waals surface area (Å²) >= 11 is 0. The summed E-state index contributed by atoms with van der Waals surface area (Å²) in [5, 5.41) is 0. The largest absolute Gasteiger partial charge is 0.372 e. The third-order valence-corrected chi connectivity index (χ3v) is 7.78. The first-order valence-electron chi connectivity index (χ1n) is 13.1. The van der Waals surface area contributed by atoms with Crippen LogP contribution in [0.5, 0.6) is 0 Å². The van der Waals surface area contributed by atoms with E-state index in [1.165, 1.54) is 44.8 Å². The Kier molecular flexibility index (Phi) is 6.38. The number of anilines is 2. The van der Waals surface area contributed by atoms with Gasteiger partial charge in [-0.05, 0) is 73.2 Å². The van der Waals surface area contributed by atoms with Crippen LogP contribution in [0.4, 0.5) is 11.4 Å². The van der Waals surface area contributed by atoms with Crippen molar-refractivity contribution >= 4 is 11.4 Å². The molecule has 0 unspecified atom stereocenters. The number of benzene rings is 4. The monoisotopic (exact) mass is 460 g/mol. The lowest BCUT2D eigenvalue weighted by molar-refractivity contribution is 0.740. The van der Waals surface area contributed by atoms with E-state index in [1.54, 1.807) is 0 Å². The molecule has 0 aromatic heterocycles. The summed E-state index contributed by atoms with van der Waals surface area (Å²) in [6, 6.07) is 36.3. The summed E-state index contributed by atoms with van der Waals surface area (Å²) in [7, 11) is 0. The van der Waals surface area contributed by atoms with Crippen LogP contribution in [0.1, 0.15) is 49.9 Å². The van der Waals surface area contributed by atoms with Gasteiger partial charge in [0.05, 0.1) is 5.41 Å². The van der Waals surface area contributed by atoms with Gasteiger partial charge in [0.2, 0.25) is 0 Å². The summed E-state index contributed by atoms with van der Waals surface area (Å²) in [5.41, 5.74) is 10.4. The molecule has 0 fully saturated rings. The Labute approximate surface area is 210 Å². The van der Waals surface area contributed by atoms with Gasteiger partial charge in [-0.15, -0.1) is 0 Å². The van der Waals surface area contributed by atoms with Crippen LogP contribution >= 0.6 is 0 Å². The van der Waals surface area contributed by atoms with Gasteiger partial charge in [-0.2, -0.15) is 0 Å². The Balaban J connectivity index is 1.98. The maximum absolute atomic E-state index is 2.50. The van der Waals surface area contributed by atoms with E-state index in [0.29, 0.717) is 0 Å². The topological polar surface area (TPSA) is 6.48 Å². The first-order chi connectivity index (χ1) is 17.2. The molecule has 0 saturated heterocycles. The van der Waals surface area contributed by atoms with Crippen molar-refractivity contribution in [2.24, 2.45) is 0 Å². The molecule has 2 heteroatoms. The van der Waals surface area contributed by atoms with Crippen LogP contribution in [-0.4, -0.2) is 26.2 Å². The van der Waals surface area contributed by atoms with Crippen molar-refractivity contribution in [3.05, 3.63) is 119 Å². The average Bonchev–Trinajstić information content (AvgIpc) is 3.22. The van der Waals surface area contributed by atoms with Crippen molar-refractivity contribution in [3.63, 3.8) is 0 Å². The molecule has 0 atom stereocenters. The Morgan fingerprint density at radius 1 is 0.429 bits per heavy atom. The number of para-hydroxylation sites is 2. The van der Waals surface area contributed by atoms with Gasteiger partial charge < -0.3 is 9.80 Å². The summed E-state index contributed by atoms with van der Waals surface area (Å²) in [6.45, 7) is 12.9. The van der Waals surface area contributed by atoms with E-state index < -0.39 is 5.41 Å². The minimum Gasteiger partial charge on any atom is -0.372 e. The molecule has 1 aliphatic rings. The van der Waals surface area contributed by atoms with E-state index >= 15 is 0 Å². The standard InChI is InChI=1S/C33H36N2/c1-5-34(6-2)31-23-15-13-21-29(31)33(30-22-14-16-24-32(30)35(7-3)8-4)27-19-11-9-17-25(27)26-18-10-12-20-28(26)33/h9-24H,5-8H2,1-4H3. The van der Waals surface area contributed by atoms with Crippen LogP contribution in [0.3, 0.4) is 0 Å². The Morgan fingerprint density at radius 3 is 1.11 bits per heavy atom. The Morgan fingerprint density at radius 2 is 0.743 bits per heavy atom. The number of hydrogen-bond donors (Lipinski definition) is 0. The number of fused-ring (bicyclic) bond motifs is 3. The lowest BCUT2D eigenvalue weighted by Gasteiger charge is -2.40. The zero-order chi connectivity index (χ0) is 24.4. The smallest absolute Gasteiger partial charge is 0.0753 e. The molecular weight excluding hydrogens is 424 g/mol. The van der Waals surface area contributed by atoms with E-state index in [9.17, 15) is 0 Å². The fraction of sp³-hybridized carbons (Fsp3) is 0.273. The maximum atomic E-state index is 2.50. The molecule has 5 rings (SSSR count). The number of hydrogen-bond acceptors (Lipinski definition) is 2. The van der Waals surface area contributed by atoms with Crippen LogP contribution in [0.25, 0.3) is 11.1 Å². The SMILES string of the molecule is CCN(CC)c1ccccc1C1(c2ccccc2N(CC)CC)c2ccccc2-c2ccccc21. The zero-order valence-electron chi connectivity index (χ0n) is 21.5. The van der Waals surface area contributed by atoms with Crippen molar-refractivity contribution in [3.8, 4) is 11.1 Å². The normalized spacial score (nSPS) is 13.3. The minimum atomic E-state index is -0.397. The van der Waals surface area contributed by atoms with Gasteiger partial charge in [0, 0.05) is 37.6 Å². The van der Waals surface area contributed by atoms with Crippen LogP contribution in [0, 0.1) is 0 Å². The molecule has 0 radical (unpaired) electrons. The van der Waals surface area contributed by atoms with Crippen molar-refractivity contribution in [1.29, 1.82) is 0 Å². The summed E-state index contributed by atoms with van der Waals surface area (Å²) in [4.78, 5) is 5.00. The highest BCUT2D eigenvalue weighted by atomic mass is 15.1. The Bertz CT molecular complexity index is 1210. The van der Waals surface area contributed by atoms with Gasteiger partial charge in [-0.25, -0.2) is 0 Å². The summed E-state index contributed by atoms with van der Waals surface area (Å²) < 4.78 is 0. The summed E-state index contributed by atoms with van der Waals surface area (Å²) in [5.74, 6) is 0. The second-order valence-corrected chi connectivity index (χ2v) is 9.22. The highest BCUT2D eigenvalue weighted by Gasteiger charge is 2.48. The highest BCUT2D eigenvalue weighted by Crippen LogP contribution is 2.59. The lowest BCUT2D eigenvalue weighted by Crippen LogP contribution is -2.35. The molecule has 4 aromatic rings. The molecule has 35 heavy (non-hydrogen) atoms. The van der Waals surface area contributed by atoms with E-state index in [4.69, 9.17) is 0 Å². The minimum absolute atomic E-state index is 0.397. The maximum Gasteiger partial charge on any atom is 0.0753 e. The molecule has 0 heterocycles. The molecular formula is C33H36N2. The van der Waals surface area contributed by atoms with Gasteiger partial charge in [-0.1, -0.05) is 84.9 Å². The van der Waals surface area contributed by atoms with E-state index in [-0.39, 0.29) is 0 Å². The van der Waals surface area contributed by atoms with Gasteiger partial charge in [0.15, 0.2) is 0 Å². The molecule has 0 bridgehead atoms. The van der Waals surface area contributed by atoms with Crippen molar-refractivity contribution < 1.29 is 0 Å². The van der Waals surface area contributed by atoms with Gasteiger partial charge >= 0.3 is 0 Å². The summed E-state index contributed by atoms with van der Waals surface area (Å²) in [6.07, 6.45) is 0. The van der Waals surface area contributed by atoms with Crippen LogP contribution in [-0.2, 0) is 5.41 Å². The molecule has 0 N–H and O–H groups in total. The molecule has 1 aliphatic carbocycles. The zero-order valence-corrected chi connectivity index (χ0v) is 21.5. The van der Waals surface area contributed by atoms with Crippen molar-refractivity contribution in [2.45, 2.75) is 33.1 Å². The second-order valence-electron chi connectivity index (χ2n) is 9.22. The van der Waals surface area contributed by atoms with Crippen LogP contribution in [0.2, 0.25) is 0 Å². The molecule has 4 aromatic carbocycles. The fourth-order valence-corrected chi connectivity index (χ4v) is 6.22. The van der Waals surface area contributed by atoms with Crippen molar-refractivity contribution in [1.82, 2.24) is 0 Å². The highest BCUT2D eigenvalue weighted by molar-refractivity contribution is 5.89. The van der Waals surface area contributed by atoms with Gasteiger partial charge in [0.1, 0.15) is 0 Å². The quantitative estimate of drug-likeness (QED) is 0.234. The van der Waals surface area contributed by atoms with Gasteiger partial charge in [-0.3, -0.25) is 0 Å². The van der Waals surface area contributed by atoms with Gasteiger partial charge in [0.25, 0.3) is 0 Å². The number of rotatable bonds is 8. The average molecular weight is 461 g/mol. The van der Waals surface area contributed by atoms with E-state index in [0.717, 1.165) is 26.2 Å². The third-order valence-electron chi connectivity index (χ3n) is 7.78. The molecule has 178 valence electrons. The second kappa shape index (κ2) is 9.62. The fourth-order valence-electron chi connectivity index (χ4n) is 6.22.